The molecular formula is C12H20N2O2S. The molecule has 1 saturated carbocycles. The normalized spacial score (nSPS) is 25.5. The third kappa shape index (κ3) is 3.92. The van der Waals surface area contributed by atoms with E-state index in [1.165, 1.54) is 19.3 Å². The van der Waals surface area contributed by atoms with Gasteiger partial charge in [0, 0.05) is 6.04 Å². The summed E-state index contributed by atoms with van der Waals surface area (Å²) in [6.07, 6.45) is 7.90. The molecule has 1 saturated heterocycles. The van der Waals surface area contributed by atoms with Crippen LogP contribution in [-0.2, 0) is 9.53 Å². The van der Waals surface area contributed by atoms with Crippen LogP contribution in [0.5, 0.6) is 0 Å². The molecule has 0 spiro atoms. The molecule has 2 N–H and O–H groups in total. The molecule has 1 aliphatic heterocycles. The van der Waals surface area contributed by atoms with E-state index >= 15 is 0 Å². The SMILES string of the molecule is O=C(OC(=S)NC1CCCCC1)C1CCCN1. The lowest BCUT2D eigenvalue weighted by atomic mass is 9.96. The summed E-state index contributed by atoms with van der Waals surface area (Å²) >= 11 is 5.06. The number of hydrogen-bond acceptors (Lipinski definition) is 4. The van der Waals surface area contributed by atoms with E-state index in [4.69, 9.17) is 17.0 Å². The van der Waals surface area contributed by atoms with Crippen molar-refractivity contribution in [2.75, 3.05) is 6.54 Å². The second kappa shape index (κ2) is 6.31. The van der Waals surface area contributed by atoms with Gasteiger partial charge in [-0.25, -0.2) is 4.79 Å². The van der Waals surface area contributed by atoms with Gasteiger partial charge in [-0.2, -0.15) is 0 Å². The fourth-order valence-electron chi connectivity index (χ4n) is 2.49. The summed E-state index contributed by atoms with van der Waals surface area (Å²) in [6, 6.07) is 0.224. The topological polar surface area (TPSA) is 50.4 Å². The molecule has 1 aliphatic carbocycles. The van der Waals surface area contributed by atoms with E-state index in [1.54, 1.807) is 0 Å². The highest BCUT2D eigenvalue weighted by Crippen LogP contribution is 2.17. The molecule has 0 aromatic heterocycles. The summed E-state index contributed by atoms with van der Waals surface area (Å²) in [6.45, 7) is 0.891. The number of esters is 1. The van der Waals surface area contributed by atoms with Crippen molar-refractivity contribution in [3.05, 3.63) is 0 Å². The van der Waals surface area contributed by atoms with Crippen LogP contribution in [0.25, 0.3) is 0 Å². The van der Waals surface area contributed by atoms with E-state index in [9.17, 15) is 4.79 Å². The Kier molecular flexibility index (Phi) is 4.74. The van der Waals surface area contributed by atoms with Crippen LogP contribution in [0.1, 0.15) is 44.9 Å². The van der Waals surface area contributed by atoms with Crippen LogP contribution in [-0.4, -0.2) is 29.8 Å². The van der Waals surface area contributed by atoms with Crippen LogP contribution < -0.4 is 10.6 Å². The summed E-state index contributed by atoms with van der Waals surface area (Å²) in [5.74, 6) is -0.240. The van der Waals surface area contributed by atoms with Gasteiger partial charge in [0.2, 0.25) is 0 Å². The fraction of sp³-hybridized carbons (Fsp3) is 0.833. The zero-order chi connectivity index (χ0) is 12.1. The smallest absolute Gasteiger partial charge is 0.330 e. The minimum Gasteiger partial charge on any atom is -0.398 e. The van der Waals surface area contributed by atoms with Crippen LogP contribution in [0.3, 0.4) is 0 Å². The minimum absolute atomic E-state index is 0.166. The van der Waals surface area contributed by atoms with Crippen molar-refractivity contribution in [1.29, 1.82) is 0 Å². The van der Waals surface area contributed by atoms with Crippen molar-refractivity contribution in [1.82, 2.24) is 10.6 Å². The fourth-order valence-corrected chi connectivity index (χ4v) is 2.74. The number of carbonyl (C=O) groups is 1. The van der Waals surface area contributed by atoms with Gasteiger partial charge in [0.15, 0.2) is 0 Å². The molecule has 4 nitrogen and oxygen atoms in total. The van der Waals surface area contributed by atoms with E-state index in [-0.39, 0.29) is 17.2 Å². The van der Waals surface area contributed by atoms with Gasteiger partial charge in [0.05, 0.1) is 0 Å². The molecule has 2 aliphatic rings. The molecule has 0 bridgehead atoms. The van der Waals surface area contributed by atoms with Crippen molar-refractivity contribution in [3.8, 4) is 0 Å². The Morgan fingerprint density at radius 2 is 1.94 bits per heavy atom. The molecule has 1 atom stereocenters. The second-order valence-electron chi connectivity index (χ2n) is 4.84. The van der Waals surface area contributed by atoms with E-state index in [1.807, 2.05) is 0 Å². The first-order chi connectivity index (χ1) is 8.25. The molecule has 0 amide bonds. The first-order valence-corrected chi connectivity index (χ1v) is 6.92. The molecule has 1 unspecified atom stereocenters. The maximum Gasteiger partial charge on any atom is 0.330 e. The largest absolute Gasteiger partial charge is 0.398 e. The predicted octanol–water partition coefficient (Wildman–Crippen LogP) is 1.49. The third-order valence-electron chi connectivity index (χ3n) is 3.47. The van der Waals surface area contributed by atoms with Crippen molar-refractivity contribution < 1.29 is 9.53 Å². The van der Waals surface area contributed by atoms with Crippen molar-refractivity contribution in [2.24, 2.45) is 0 Å². The zero-order valence-electron chi connectivity index (χ0n) is 10.0. The van der Waals surface area contributed by atoms with Gasteiger partial charge in [-0.3, -0.25) is 0 Å². The van der Waals surface area contributed by atoms with Crippen LogP contribution in [0.4, 0.5) is 0 Å². The van der Waals surface area contributed by atoms with Gasteiger partial charge in [0.25, 0.3) is 5.17 Å². The molecule has 17 heavy (non-hydrogen) atoms. The van der Waals surface area contributed by atoms with E-state index in [2.05, 4.69) is 10.6 Å². The summed E-state index contributed by atoms with van der Waals surface area (Å²) in [5, 5.41) is 6.48. The van der Waals surface area contributed by atoms with E-state index in [0.717, 1.165) is 32.2 Å². The average Bonchev–Trinajstić information content (AvgIpc) is 2.83. The Bertz CT molecular complexity index is 284. The molecule has 2 fully saturated rings. The number of nitrogens with one attached hydrogen (secondary N) is 2. The molecular weight excluding hydrogens is 236 g/mol. The summed E-state index contributed by atoms with van der Waals surface area (Å²) in [7, 11) is 0. The first-order valence-electron chi connectivity index (χ1n) is 6.51. The number of ether oxygens (including phenoxy) is 1. The van der Waals surface area contributed by atoms with Crippen LogP contribution in [0.2, 0.25) is 0 Å². The maximum absolute atomic E-state index is 11.7. The lowest BCUT2D eigenvalue weighted by molar-refractivity contribution is -0.137. The minimum atomic E-state index is -0.240. The Hall–Kier alpha value is -0.680. The van der Waals surface area contributed by atoms with Gasteiger partial charge in [-0.1, -0.05) is 19.3 Å². The molecule has 1 heterocycles. The highest BCUT2D eigenvalue weighted by atomic mass is 32.1. The van der Waals surface area contributed by atoms with Crippen molar-refractivity contribution >= 4 is 23.4 Å². The highest BCUT2D eigenvalue weighted by Gasteiger charge is 2.25. The number of hydrogen-bond donors (Lipinski definition) is 2. The van der Waals surface area contributed by atoms with E-state index in [0.29, 0.717) is 6.04 Å². The first kappa shape index (κ1) is 12.8. The average molecular weight is 256 g/mol. The standard InChI is InChI=1S/C12H20N2O2S/c15-11(10-7-4-8-13-10)16-12(17)14-9-5-2-1-3-6-9/h9-10,13H,1-8H2,(H,14,17). The summed E-state index contributed by atoms with van der Waals surface area (Å²) in [4.78, 5) is 11.7. The van der Waals surface area contributed by atoms with Gasteiger partial charge in [-0.05, 0) is 44.4 Å². The zero-order valence-corrected chi connectivity index (χ0v) is 10.9. The van der Waals surface area contributed by atoms with Crippen molar-refractivity contribution in [2.45, 2.75) is 57.0 Å². The monoisotopic (exact) mass is 256 g/mol. The molecule has 0 radical (unpaired) electrons. The number of carbonyl (C=O) groups excluding carboxylic acids is 1. The van der Waals surface area contributed by atoms with Crippen LogP contribution in [0.15, 0.2) is 0 Å². The van der Waals surface area contributed by atoms with Crippen molar-refractivity contribution in [3.63, 3.8) is 0 Å². The molecule has 96 valence electrons. The molecule has 0 aromatic rings. The third-order valence-corrected chi connectivity index (χ3v) is 3.67. The Balaban J connectivity index is 1.70. The Morgan fingerprint density at radius 3 is 2.59 bits per heavy atom. The van der Waals surface area contributed by atoms with Gasteiger partial charge in [0.1, 0.15) is 6.04 Å². The lowest BCUT2D eigenvalue weighted by Gasteiger charge is -2.23. The highest BCUT2D eigenvalue weighted by molar-refractivity contribution is 7.80. The maximum atomic E-state index is 11.7. The van der Waals surface area contributed by atoms with Gasteiger partial charge in [-0.15, -0.1) is 0 Å². The summed E-state index contributed by atoms with van der Waals surface area (Å²) < 4.78 is 5.16. The quantitative estimate of drug-likeness (QED) is 0.579. The number of thiocarbonyl (C=S) groups is 1. The van der Waals surface area contributed by atoms with Crippen LogP contribution >= 0.6 is 12.2 Å². The molecule has 5 heteroatoms. The molecule has 2 rings (SSSR count). The van der Waals surface area contributed by atoms with E-state index < -0.39 is 0 Å². The second-order valence-corrected chi connectivity index (χ2v) is 5.21. The Labute approximate surface area is 107 Å². The Morgan fingerprint density at radius 1 is 1.18 bits per heavy atom. The predicted molar refractivity (Wildman–Crippen MR) is 69.7 cm³/mol. The van der Waals surface area contributed by atoms with Gasteiger partial charge < -0.3 is 15.4 Å². The van der Waals surface area contributed by atoms with Crippen LogP contribution in [0, 0.1) is 0 Å². The van der Waals surface area contributed by atoms with Gasteiger partial charge >= 0.3 is 5.97 Å². The molecule has 0 aromatic carbocycles. The lowest BCUT2D eigenvalue weighted by Crippen LogP contribution is -2.41. The summed E-state index contributed by atoms with van der Waals surface area (Å²) in [5.41, 5.74) is 0. The number of rotatable bonds is 2.